The standard InChI is InChI=1S/C11H12ClFO2/c1-7(2)6-15-9-3-8(5-14)11(13)10(12)4-9/h3-5,7H,6H2,1-2H3. The van der Waals surface area contributed by atoms with E-state index in [-0.39, 0.29) is 10.6 Å². The van der Waals surface area contributed by atoms with Crippen molar-refractivity contribution < 1.29 is 13.9 Å². The summed E-state index contributed by atoms with van der Waals surface area (Å²) in [5.41, 5.74) is -0.0822. The molecule has 1 aromatic rings. The van der Waals surface area contributed by atoms with Crippen molar-refractivity contribution >= 4 is 17.9 Å². The van der Waals surface area contributed by atoms with E-state index in [2.05, 4.69) is 0 Å². The summed E-state index contributed by atoms with van der Waals surface area (Å²) >= 11 is 5.60. The number of hydrogen-bond acceptors (Lipinski definition) is 2. The molecule has 2 nitrogen and oxygen atoms in total. The minimum Gasteiger partial charge on any atom is -0.493 e. The van der Waals surface area contributed by atoms with Crippen LogP contribution in [-0.2, 0) is 0 Å². The normalized spacial score (nSPS) is 10.5. The van der Waals surface area contributed by atoms with Gasteiger partial charge in [-0.2, -0.15) is 0 Å². The van der Waals surface area contributed by atoms with Crippen molar-refractivity contribution in [2.24, 2.45) is 5.92 Å². The van der Waals surface area contributed by atoms with Crippen molar-refractivity contribution in [1.29, 1.82) is 0 Å². The summed E-state index contributed by atoms with van der Waals surface area (Å²) in [6, 6.07) is 2.71. The summed E-state index contributed by atoms with van der Waals surface area (Å²) in [6.45, 7) is 4.48. The second-order valence-corrected chi connectivity index (χ2v) is 4.04. The molecule has 15 heavy (non-hydrogen) atoms. The summed E-state index contributed by atoms with van der Waals surface area (Å²) in [4.78, 5) is 10.5. The number of carbonyl (C=O) groups excluding carboxylic acids is 1. The van der Waals surface area contributed by atoms with Gasteiger partial charge in [0.05, 0.1) is 17.2 Å². The van der Waals surface area contributed by atoms with Crippen molar-refractivity contribution in [3.05, 3.63) is 28.5 Å². The van der Waals surface area contributed by atoms with Gasteiger partial charge in [0.25, 0.3) is 0 Å². The third kappa shape index (κ3) is 3.20. The van der Waals surface area contributed by atoms with Crippen LogP contribution in [0.2, 0.25) is 5.02 Å². The molecule has 0 amide bonds. The Balaban J connectivity index is 2.90. The van der Waals surface area contributed by atoms with Crippen LogP contribution >= 0.6 is 11.6 Å². The first-order chi connectivity index (χ1) is 7.04. The van der Waals surface area contributed by atoms with Gasteiger partial charge in [0.2, 0.25) is 0 Å². The maximum absolute atomic E-state index is 13.2. The lowest BCUT2D eigenvalue weighted by Crippen LogP contribution is -2.05. The van der Waals surface area contributed by atoms with Crippen molar-refractivity contribution in [1.82, 2.24) is 0 Å². The summed E-state index contributed by atoms with van der Waals surface area (Å²) in [5, 5.41) is -0.0987. The maximum atomic E-state index is 13.2. The summed E-state index contributed by atoms with van der Waals surface area (Å²) in [5.74, 6) is 0.0641. The first kappa shape index (κ1) is 12.0. The zero-order valence-electron chi connectivity index (χ0n) is 8.59. The van der Waals surface area contributed by atoms with Gasteiger partial charge in [-0.3, -0.25) is 4.79 Å². The van der Waals surface area contributed by atoms with Gasteiger partial charge >= 0.3 is 0 Å². The number of rotatable bonds is 4. The van der Waals surface area contributed by atoms with E-state index in [0.717, 1.165) is 0 Å². The molecule has 0 spiro atoms. The third-order valence-electron chi connectivity index (χ3n) is 1.74. The van der Waals surface area contributed by atoms with E-state index in [1.807, 2.05) is 13.8 Å². The topological polar surface area (TPSA) is 26.3 Å². The fourth-order valence-corrected chi connectivity index (χ4v) is 1.23. The molecule has 0 aliphatic rings. The average molecular weight is 231 g/mol. The van der Waals surface area contributed by atoms with E-state index in [0.29, 0.717) is 24.6 Å². The summed E-state index contributed by atoms with van der Waals surface area (Å²) in [6.07, 6.45) is 0.420. The third-order valence-corrected chi connectivity index (χ3v) is 2.02. The molecule has 0 heterocycles. The van der Waals surface area contributed by atoms with Crippen LogP contribution in [0, 0.1) is 11.7 Å². The molecule has 1 rings (SSSR count). The maximum Gasteiger partial charge on any atom is 0.153 e. The zero-order valence-corrected chi connectivity index (χ0v) is 9.34. The van der Waals surface area contributed by atoms with E-state index in [9.17, 15) is 9.18 Å². The quantitative estimate of drug-likeness (QED) is 0.742. The number of hydrogen-bond donors (Lipinski definition) is 0. The fraction of sp³-hybridized carbons (Fsp3) is 0.364. The predicted octanol–water partition coefficient (Wildman–Crippen LogP) is 3.33. The van der Waals surface area contributed by atoms with Crippen molar-refractivity contribution in [2.45, 2.75) is 13.8 Å². The smallest absolute Gasteiger partial charge is 0.153 e. The summed E-state index contributed by atoms with van der Waals surface area (Å²) < 4.78 is 18.5. The van der Waals surface area contributed by atoms with Gasteiger partial charge in [0, 0.05) is 6.07 Å². The molecular weight excluding hydrogens is 219 g/mol. The van der Waals surface area contributed by atoms with E-state index in [4.69, 9.17) is 16.3 Å². The number of benzene rings is 1. The molecule has 0 bridgehead atoms. The van der Waals surface area contributed by atoms with Gasteiger partial charge in [-0.25, -0.2) is 4.39 Å². The van der Waals surface area contributed by atoms with Crippen LogP contribution in [0.25, 0.3) is 0 Å². The molecule has 0 N–H and O–H groups in total. The zero-order chi connectivity index (χ0) is 11.4. The van der Waals surface area contributed by atoms with Gasteiger partial charge in [0.1, 0.15) is 5.75 Å². The van der Waals surface area contributed by atoms with Crippen LogP contribution in [-0.4, -0.2) is 12.9 Å². The predicted molar refractivity (Wildman–Crippen MR) is 57.1 cm³/mol. The molecule has 0 saturated carbocycles. The molecule has 0 fully saturated rings. The van der Waals surface area contributed by atoms with Crippen LogP contribution < -0.4 is 4.74 Å². The Labute approximate surface area is 93.0 Å². The van der Waals surface area contributed by atoms with Gasteiger partial charge < -0.3 is 4.74 Å². The van der Waals surface area contributed by atoms with Crippen LogP contribution in [0.1, 0.15) is 24.2 Å². The van der Waals surface area contributed by atoms with Gasteiger partial charge in [0.15, 0.2) is 12.1 Å². The average Bonchev–Trinajstić information content (AvgIpc) is 2.19. The number of halogens is 2. The lowest BCUT2D eigenvalue weighted by atomic mass is 10.2. The van der Waals surface area contributed by atoms with Crippen LogP contribution in [0.15, 0.2) is 12.1 Å². The lowest BCUT2D eigenvalue weighted by molar-refractivity contribution is 0.111. The van der Waals surface area contributed by atoms with Crippen LogP contribution in [0.5, 0.6) is 5.75 Å². The Morgan fingerprint density at radius 3 is 2.73 bits per heavy atom. The van der Waals surface area contributed by atoms with Crippen molar-refractivity contribution in [3.8, 4) is 5.75 Å². The van der Waals surface area contributed by atoms with Gasteiger partial charge in [-0.05, 0) is 12.0 Å². The van der Waals surface area contributed by atoms with E-state index >= 15 is 0 Å². The second-order valence-electron chi connectivity index (χ2n) is 3.63. The van der Waals surface area contributed by atoms with Gasteiger partial charge in [-0.1, -0.05) is 25.4 Å². The molecule has 0 radical (unpaired) electrons. The fourth-order valence-electron chi connectivity index (χ4n) is 1.02. The highest BCUT2D eigenvalue weighted by molar-refractivity contribution is 6.31. The molecule has 0 aliphatic carbocycles. The largest absolute Gasteiger partial charge is 0.493 e. The molecule has 0 atom stereocenters. The van der Waals surface area contributed by atoms with Crippen molar-refractivity contribution in [3.63, 3.8) is 0 Å². The Morgan fingerprint density at radius 1 is 1.53 bits per heavy atom. The summed E-state index contributed by atoms with van der Waals surface area (Å²) in [7, 11) is 0. The monoisotopic (exact) mass is 230 g/mol. The molecular formula is C11H12ClFO2. The van der Waals surface area contributed by atoms with Crippen LogP contribution in [0.3, 0.4) is 0 Å². The molecule has 0 aliphatic heterocycles. The highest BCUT2D eigenvalue weighted by Gasteiger charge is 2.09. The number of carbonyl (C=O) groups is 1. The van der Waals surface area contributed by atoms with E-state index in [1.54, 1.807) is 0 Å². The first-order valence-electron chi connectivity index (χ1n) is 4.61. The second kappa shape index (κ2) is 5.12. The molecule has 82 valence electrons. The molecule has 0 aromatic heterocycles. The van der Waals surface area contributed by atoms with Crippen molar-refractivity contribution in [2.75, 3.05) is 6.61 Å². The Hall–Kier alpha value is -1.09. The van der Waals surface area contributed by atoms with Crippen LogP contribution in [0.4, 0.5) is 4.39 Å². The molecule has 1 aromatic carbocycles. The Morgan fingerprint density at radius 2 is 2.20 bits per heavy atom. The Kier molecular flexibility index (Phi) is 4.09. The minimum absolute atomic E-state index is 0.0822. The molecule has 4 heteroatoms. The highest BCUT2D eigenvalue weighted by Crippen LogP contribution is 2.24. The number of aldehydes is 1. The SMILES string of the molecule is CC(C)COc1cc(Cl)c(F)c(C=O)c1. The Bertz CT molecular complexity index is 364. The first-order valence-corrected chi connectivity index (χ1v) is 4.99. The number of ether oxygens (including phenoxy) is 1. The molecule has 0 unspecified atom stereocenters. The van der Waals surface area contributed by atoms with E-state index in [1.165, 1.54) is 12.1 Å². The molecule has 0 saturated heterocycles. The lowest BCUT2D eigenvalue weighted by Gasteiger charge is -2.09. The minimum atomic E-state index is -0.705. The van der Waals surface area contributed by atoms with Gasteiger partial charge in [-0.15, -0.1) is 0 Å². The van der Waals surface area contributed by atoms with E-state index < -0.39 is 5.82 Å². The highest BCUT2D eigenvalue weighted by atomic mass is 35.5.